The highest BCUT2D eigenvalue weighted by atomic mass is 35.5. The van der Waals surface area contributed by atoms with Crippen LogP contribution in [-0.4, -0.2) is 38.1 Å². The number of amides is 1. The molecule has 1 unspecified atom stereocenters. The minimum atomic E-state index is -1.29. The van der Waals surface area contributed by atoms with Crippen LogP contribution in [0.4, 0.5) is 4.39 Å². The van der Waals surface area contributed by atoms with Crippen LogP contribution in [0.15, 0.2) is 41.1 Å². The quantitative estimate of drug-likeness (QED) is 0.523. The fraction of sp³-hybridized carbons (Fsp3) is 0.348. The Hall–Kier alpha value is -3.33. The number of aliphatic carboxylic acids is 1. The Kier molecular flexibility index (Phi) is 6.98. The van der Waals surface area contributed by atoms with E-state index in [4.69, 9.17) is 16.1 Å². The predicted molar refractivity (Wildman–Crippen MR) is 117 cm³/mol. The molecular formula is C23H22ClFN4O4. The van der Waals surface area contributed by atoms with Gasteiger partial charge in [-0.2, -0.15) is 4.98 Å². The fourth-order valence-electron chi connectivity index (χ4n) is 3.92. The Balaban J connectivity index is 1.47. The zero-order valence-corrected chi connectivity index (χ0v) is 18.4. The van der Waals surface area contributed by atoms with Gasteiger partial charge in [-0.3, -0.25) is 9.78 Å². The standard InChI is InChI=1S/C23H22ClFN4O4/c24-15-8-9-26-18(12-15)21(30)27-19(23(31)32)11-13-6-7-16(17(25)10-13)20-28-22(33-29-20)14-4-2-1-3-5-14/h6-10,12,14,19H,1-5,11H2,(H,27,30)(H,31,32). The van der Waals surface area contributed by atoms with Gasteiger partial charge in [0.1, 0.15) is 17.6 Å². The summed E-state index contributed by atoms with van der Waals surface area (Å²) in [6.07, 6.45) is 6.60. The lowest BCUT2D eigenvalue weighted by Crippen LogP contribution is -2.42. The second-order valence-electron chi connectivity index (χ2n) is 8.03. The second-order valence-corrected chi connectivity index (χ2v) is 8.47. The van der Waals surface area contributed by atoms with Crippen LogP contribution in [0.2, 0.25) is 5.02 Å². The molecule has 0 saturated heterocycles. The summed E-state index contributed by atoms with van der Waals surface area (Å²) in [5, 5.41) is 16.1. The van der Waals surface area contributed by atoms with E-state index in [0.717, 1.165) is 25.7 Å². The molecule has 2 aromatic heterocycles. The number of hydrogen-bond donors (Lipinski definition) is 2. The minimum absolute atomic E-state index is 0.0128. The Morgan fingerprint density at radius 1 is 1.21 bits per heavy atom. The molecule has 3 aromatic rings. The Morgan fingerprint density at radius 3 is 2.70 bits per heavy atom. The third kappa shape index (κ3) is 5.54. The number of nitrogens with zero attached hydrogens (tertiary/aromatic N) is 3. The first-order valence-corrected chi connectivity index (χ1v) is 11.1. The summed E-state index contributed by atoms with van der Waals surface area (Å²) in [5.41, 5.74) is 0.545. The van der Waals surface area contributed by atoms with Crippen molar-refractivity contribution in [3.63, 3.8) is 0 Å². The first-order valence-electron chi connectivity index (χ1n) is 10.7. The number of benzene rings is 1. The highest BCUT2D eigenvalue weighted by Crippen LogP contribution is 2.33. The summed E-state index contributed by atoms with van der Waals surface area (Å²) < 4.78 is 20.2. The monoisotopic (exact) mass is 472 g/mol. The van der Waals surface area contributed by atoms with Crippen molar-refractivity contribution in [2.75, 3.05) is 0 Å². The molecule has 1 atom stereocenters. The lowest BCUT2D eigenvalue weighted by Gasteiger charge is -2.17. The first-order chi connectivity index (χ1) is 15.9. The molecule has 10 heteroatoms. The van der Waals surface area contributed by atoms with Gasteiger partial charge in [0, 0.05) is 23.6 Å². The van der Waals surface area contributed by atoms with Gasteiger partial charge >= 0.3 is 5.97 Å². The van der Waals surface area contributed by atoms with Crippen LogP contribution in [0, 0.1) is 5.82 Å². The zero-order chi connectivity index (χ0) is 23.4. The average Bonchev–Trinajstić information content (AvgIpc) is 3.29. The normalized spacial score (nSPS) is 15.2. The summed E-state index contributed by atoms with van der Waals surface area (Å²) in [5.74, 6) is -1.66. The van der Waals surface area contributed by atoms with Gasteiger partial charge in [-0.25, -0.2) is 9.18 Å². The molecular weight excluding hydrogens is 451 g/mol. The molecule has 8 nitrogen and oxygen atoms in total. The second kappa shape index (κ2) is 10.1. The van der Waals surface area contributed by atoms with Gasteiger partial charge in [-0.15, -0.1) is 0 Å². The number of aromatic nitrogens is 3. The van der Waals surface area contributed by atoms with Crippen molar-refractivity contribution in [2.45, 2.75) is 50.5 Å². The number of rotatable bonds is 7. The van der Waals surface area contributed by atoms with E-state index < -0.39 is 23.7 Å². The number of nitrogens with one attached hydrogen (secondary N) is 1. The summed E-state index contributed by atoms with van der Waals surface area (Å²) in [6, 6.07) is 5.82. The van der Waals surface area contributed by atoms with E-state index in [1.54, 1.807) is 6.07 Å². The number of halogens is 2. The third-order valence-corrected chi connectivity index (χ3v) is 5.90. The van der Waals surface area contributed by atoms with Crippen LogP contribution in [-0.2, 0) is 11.2 Å². The van der Waals surface area contributed by atoms with Crippen molar-refractivity contribution in [2.24, 2.45) is 0 Å². The van der Waals surface area contributed by atoms with E-state index in [1.165, 1.54) is 36.9 Å². The molecule has 33 heavy (non-hydrogen) atoms. The van der Waals surface area contributed by atoms with E-state index in [-0.39, 0.29) is 29.4 Å². The van der Waals surface area contributed by atoms with E-state index in [0.29, 0.717) is 16.5 Å². The number of carbonyl (C=O) groups is 2. The van der Waals surface area contributed by atoms with E-state index in [2.05, 4.69) is 20.4 Å². The first kappa shape index (κ1) is 22.8. The van der Waals surface area contributed by atoms with Crippen LogP contribution in [0.5, 0.6) is 0 Å². The number of carbonyl (C=O) groups excluding carboxylic acids is 1. The fourth-order valence-corrected chi connectivity index (χ4v) is 4.08. The summed E-state index contributed by atoms with van der Waals surface area (Å²) in [7, 11) is 0. The molecule has 4 rings (SSSR count). The highest BCUT2D eigenvalue weighted by molar-refractivity contribution is 6.30. The Morgan fingerprint density at radius 2 is 2.00 bits per heavy atom. The molecule has 1 amide bonds. The molecule has 0 bridgehead atoms. The lowest BCUT2D eigenvalue weighted by molar-refractivity contribution is -0.139. The molecule has 2 heterocycles. The summed E-state index contributed by atoms with van der Waals surface area (Å²) >= 11 is 5.85. The third-order valence-electron chi connectivity index (χ3n) is 5.67. The smallest absolute Gasteiger partial charge is 0.326 e. The largest absolute Gasteiger partial charge is 0.480 e. The molecule has 1 aliphatic rings. The topological polar surface area (TPSA) is 118 Å². The Labute approximate surface area is 194 Å². The Bertz CT molecular complexity index is 1160. The SMILES string of the molecule is O=C(NC(Cc1ccc(-c2noc(C3CCCCC3)n2)c(F)c1)C(=O)O)c1cc(Cl)ccn1. The van der Waals surface area contributed by atoms with Gasteiger partial charge in [0.05, 0.1) is 5.56 Å². The predicted octanol–water partition coefficient (Wildman–Crippen LogP) is 4.40. The van der Waals surface area contributed by atoms with Crippen LogP contribution in [0.25, 0.3) is 11.4 Å². The van der Waals surface area contributed by atoms with Crippen molar-refractivity contribution in [3.05, 3.63) is 64.5 Å². The molecule has 0 radical (unpaired) electrons. The van der Waals surface area contributed by atoms with Crippen LogP contribution >= 0.6 is 11.6 Å². The van der Waals surface area contributed by atoms with Crippen molar-refractivity contribution >= 4 is 23.5 Å². The van der Waals surface area contributed by atoms with Gasteiger partial charge in [0.2, 0.25) is 11.7 Å². The number of pyridine rings is 1. The van der Waals surface area contributed by atoms with E-state index in [1.807, 2.05) is 0 Å². The molecule has 1 fully saturated rings. The lowest BCUT2D eigenvalue weighted by atomic mass is 9.89. The van der Waals surface area contributed by atoms with Crippen LogP contribution in [0.1, 0.15) is 60.0 Å². The van der Waals surface area contributed by atoms with Gasteiger partial charge in [0.25, 0.3) is 5.91 Å². The number of carboxylic acids is 1. The van der Waals surface area contributed by atoms with Crippen molar-refractivity contribution in [1.29, 1.82) is 0 Å². The molecule has 1 aromatic carbocycles. The molecule has 172 valence electrons. The highest BCUT2D eigenvalue weighted by Gasteiger charge is 2.25. The zero-order valence-electron chi connectivity index (χ0n) is 17.6. The van der Waals surface area contributed by atoms with Gasteiger partial charge in [-0.1, -0.05) is 42.1 Å². The van der Waals surface area contributed by atoms with Crippen LogP contribution < -0.4 is 5.32 Å². The maximum Gasteiger partial charge on any atom is 0.326 e. The van der Waals surface area contributed by atoms with Crippen LogP contribution in [0.3, 0.4) is 0 Å². The molecule has 2 N–H and O–H groups in total. The van der Waals surface area contributed by atoms with Crippen molar-refractivity contribution < 1.29 is 23.6 Å². The average molecular weight is 473 g/mol. The molecule has 1 saturated carbocycles. The summed E-state index contributed by atoms with van der Waals surface area (Å²) in [4.78, 5) is 32.3. The molecule has 0 aliphatic heterocycles. The van der Waals surface area contributed by atoms with E-state index in [9.17, 15) is 19.1 Å². The van der Waals surface area contributed by atoms with Gasteiger partial charge in [0.15, 0.2) is 0 Å². The maximum atomic E-state index is 14.8. The summed E-state index contributed by atoms with van der Waals surface area (Å²) in [6.45, 7) is 0. The number of carboxylic acid groups (broad SMARTS) is 1. The van der Waals surface area contributed by atoms with Crippen molar-refractivity contribution in [1.82, 2.24) is 20.4 Å². The number of hydrogen-bond acceptors (Lipinski definition) is 6. The molecule has 0 spiro atoms. The van der Waals surface area contributed by atoms with Gasteiger partial charge in [-0.05, 0) is 42.7 Å². The molecule has 1 aliphatic carbocycles. The van der Waals surface area contributed by atoms with Crippen molar-refractivity contribution in [3.8, 4) is 11.4 Å². The van der Waals surface area contributed by atoms with E-state index >= 15 is 0 Å². The van der Waals surface area contributed by atoms with Gasteiger partial charge < -0.3 is 14.9 Å². The minimum Gasteiger partial charge on any atom is -0.480 e. The maximum absolute atomic E-state index is 14.8.